The predicted octanol–water partition coefficient (Wildman–Crippen LogP) is 4.06. The minimum atomic E-state index is 0.283. The molecule has 1 aromatic rings. The predicted molar refractivity (Wildman–Crippen MR) is 70.2 cm³/mol. The zero-order valence-corrected chi connectivity index (χ0v) is 10.8. The Hall–Kier alpha value is -1.09. The Labute approximate surface area is 107 Å². The molecule has 1 aromatic carbocycles. The zero-order chi connectivity index (χ0) is 12.1. The molecule has 1 N–H and O–H groups in total. The maximum absolute atomic E-state index is 6.15. The first-order chi connectivity index (χ1) is 8.31. The summed E-state index contributed by atoms with van der Waals surface area (Å²) in [6.45, 7) is 3.44. The molecule has 2 rings (SSSR count). The molecule has 0 fully saturated rings. The minimum Gasteiger partial charge on any atom is -0.454 e. The molecule has 0 amide bonds. The highest BCUT2D eigenvalue weighted by Crippen LogP contribution is 2.39. The van der Waals surface area contributed by atoms with Crippen molar-refractivity contribution in [1.29, 1.82) is 0 Å². The van der Waals surface area contributed by atoms with E-state index in [9.17, 15) is 0 Å². The van der Waals surface area contributed by atoms with Gasteiger partial charge in [0, 0.05) is 18.7 Å². The Morgan fingerprint density at radius 1 is 1.18 bits per heavy atom. The highest BCUT2D eigenvalue weighted by Gasteiger charge is 2.16. The third-order valence-corrected chi connectivity index (χ3v) is 3.12. The molecule has 17 heavy (non-hydrogen) atoms. The molecular formula is C13H18ClNO2. The van der Waals surface area contributed by atoms with Crippen molar-refractivity contribution in [3.63, 3.8) is 0 Å². The van der Waals surface area contributed by atoms with Gasteiger partial charge in [-0.3, -0.25) is 0 Å². The van der Waals surface area contributed by atoms with Crippen molar-refractivity contribution in [3.8, 4) is 11.5 Å². The number of anilines is 1. The molecule has 0 radical (unpaired) electrons. The Kier molecular flexibility index (Phi) is 4.37. The fourth-order valence-corrected chi connectivity index (χ4v) is 2.05. The van der Waals surface area contributed by atoms with E-state index in [1.165, 1.54) is 25.7 Å². The number of rotatable bonds is 6. The quantitative estimate of drug-likeness (QED) is 0.778. The van der Waals surface area contributed by atoms with Crippen LogP contribution in [0.15, 0.2) is 12.1 Å². The van der Waals surface area contributed by atoms with Gasteiger partial charge in [0.25, 0.3) is 0 Å². The summed E-state index contributed by atoms with van der Waals surface area (Å²) in [7, 11) is 0. The minimum absolute atomic E-state index is 0.283. The van der Waals surface area contributed by atoms with E-state index in [-0.39, 0.29) is 6.79 Å². The van der Waals surface area contributed by atoms with Crippen LogP contribution < -0.4 is 14.8 Å². The number of ether oxygens (including phenoxy) is 2. The summed E-state index contributed by atoms with van der Waals surface area (Å²) < 4.78 is 10.6. The summed E-state index contributed by atoms with van der Waals surface area (Å²) in [6.07, 6.45) is 4.96. The van der Waals surface area contributed by atoms with Crippen molar-refractivity contribution in [2.24, 2.45) is 0 Å². The number of unbranched alkanes of at least 4 members (excludes halogenated alkanes) is 3. The third-order valence-electron chi connectivity index (χ3n) is 2.81. The van der Waals surface area contributed by atoms with Crippen LogP contribution in [0.2, 0.25) is 5.02 Å². The summed E-state index contributed by atoms with van der Waals surface area (Å²) in [5.74, 6) is 1.50. The van der Waals surface area contributed by atoms with Crippen LogP contribution in [0.1, 0.15) is 32.6 Å². The third kappa shape index (κ3) is 3.19. The fraction of sp³-hybridized carbons (Fsp3) is 0.538. The van der Waals surface area contributed by atoms with Gasteiger partial charge in [0.15, 0.2) is 11.5 Å². The SMILES string of the molecule is CCCCCCNc1cc2c(cc1Cl)OCO2. The molecule has 0 atom stereocenters. The molecular weight excluding hydrogens is 238 g/mol. The summed E-state index contributed by atoms with van der Waals surface area (Å²) in [5, 5.41) is 4.02. The van der Waals surface area contributed by atoms with Crippen molar-refractivity contribution in [3.05, 3.63) is 17.2 Å². The molecule has 0 aliphatic carbocycles. The lowest BCUT2D eigenvalue weighted by Crippen LogP contribution is -2.01. The number of hydrogen-bond donors (Lipinski definition) is 1. The lowest BCUT2D eigenvalue weighted by molar-refractivity contribution is 0.174. The molecule has 3 nitrogen and oxygen atoms in total. The highest BCUT2D eigenvalue weighted by molar-refractivity contribution is 6.33. The number of fused-ring (bicyclic) bond motifs is 1. The standard InChI is InChI=1S/C13H18ClNO2/c1-2-3-4-5-6-15-11-8-13-12(7-10(11)14)16-9-17-13/h7-8,15H,2-6,9H2,1H3. The summed E-state index contributed by atoms with van der Waals surface area (Å²) in [6, 6.07) is 3.71. The molecule has 0 aromatic heterocycles. The van der Waals surface area contributed by atoms with Gasteiger partial charge in [0.1, 0.15) is 0 Å². The summed E-state index contributed by atoms with van der Waals surface area (Å²) in [5.41, 5.74) is 0.924. The molecule has 0 unspecified atom stereocenters. The number of benzene rings is 1. The van der Waals surface area contributed by atoms with Gasteiger partial charge in [-0.05, 0) is 6.42 Å². The van der Waals surface area contributed by atoms with Crippen molar-refractivity contribution >= 4 is 17.3 Å². The maximum Gasteiger partial charge on any atom is 0.231 e. The van der Waals surface area contributed by atoms with E-state index in [4.69, 9.17) is 21.1 Å². The Morgan fingerprint density at radius 3 is 2.71 bits per heavy atom. The van der Waals surface area contributed by atoms with Gasteiger partial charge in [0.2, 0.25) is 6.79 Å². The second kappa shape index (κ2) is 6.01. The largest absolute Gasteiger partial charge is 0.454 e. The molecule has 0 bridgehead atoms. The van der Waals surface area contributed by atoms with Gasteiger partial charge in [-0.25, -0.2) is 0 Å². The monoisotopic (exact) mass is 255 g/mol. The van der Waals surface area contributed by atoms with Gasteiger partial charge < -0.3 is 14.8 Å². The molecule has 0 spiro atoms. The van der Waals surface area contributed by atoms with Crippen molar-refractivity contribution in [1.82, 2.24) is 0 Å². The highest BCUT2D eigenvalue weighted by atomic mass is 35.5. The number of hydrogen-bond acceptors (Lipinski definition) is 3. The zero-order valence-electron chi connectivity index (χ0n) is 10.1. The summed E-state index contributed by atoms with van der Waals surface area (Å²) >= 11 is 6.15. The van der Waals surface area contributed by atoms with E-state index in [0.29, 0.717) is 5.02 Å². The van der Waals surface area contributed by atoms with Crippen LogP contribution in [0, 0.1) is 0 Å². The first kappa shape index (κ1) is 12.4. The molecule has 1 aliphatic heterocycles. The Morgan fingerprint density at radius 2 is 1.94 bits per heavy atom. The van der Waals surface area contributed by atoms with Gasteiger partial charge >= 0.3 is 0 Å². The average molecular weight is 256 g/mol. The number of nitrogens with one attached hydrogen (secondary N) is 1. The van der Waals surface area contributed by atoms with E-state index in [0.717, 1.165) is 23.7 Å². The molecule has 1 aliphatic rings. The molecule has 0 saturated carbocycles. The van der Waals surface area contributed by atoms with E-state index in [2.05, 4.69) is 12.2 Å². The second-order valence-corrected chi connectivity index (χ2v) is 4.58. The van der Waals surface area contributed by atoms with Crippen LogP contribution in [-0.4, -0.2) is 13.3 Å². The van der Waals surface area contributed by atoms with E-state index in [1.807, 2.05) is 6.07 Å². The first-order valence-corrected chi connectivity index (χ1v) is 6.52. The molecule has 94 valence electrons. The van der Waals surface area contributed by atoms with Crippen molar-refractivity contribution in [2.45, 2.75) is 32.6 Å². The van der Waals surface area contributed by atoms with Crippen LogP contribution in [0.25, 0.3) is 0 Å². The summed E-state index contributed by atoms with van der Waals surface area (Å²) in [4.78, 5) is 0. The Balaban J connectivity index is 1.88. The van der Waals surface area contributed by atoms with Crippen LogP contribution in [0.5, 0.6) is 11.5 Å². The van der Waals surface area contributed by atoms with Crippen LogP contribution in [0.4, 0.5) is 5.69 Å². The van der Waals surface area contributed by atoms with Crippen molar-refractivity contribution < 1.29 is 9.47 Å². The Bertz CT molecular complexity index is 382. The van der Waals surface area contributed by atoms with Gasteiger partial charge in [-0.2, -0.15) is 0 Å². The molecule has 0 saturated heterocycles. The molecule has 4 heteroatoms. The van der Waals surface area contributed by atoms with Crippen LogP contribution >= 0.6 is 11.6 Å². The van der Waals surface area contributed by atoms with E-state index in [1.54, 1.807) is 6.07 Å². The lowest BCUT2D eigenvalue weighted by Gasteiger charge is -2.09. The maximum atomic E-state index is 6.15. The smallest absolute Gasteiger partial charge is 0.231 e. The lowest BCUT2D eigenvalue weighted by atomic mass is 10.2. The first-order valence-electron chi connectivity index (χ1n) is 6.14. The van der Waals surface area contributed by atoms with Gasteiger partial charge in [0.05, 0.1) is 10.7 Å². The topological polar surface area (TPSA) is 30.5 Å². The van der Waals surface area contributed by atoms with Crippen LogP contribution in [0.3, 0.4) is 0 Å². The van der Waals surface area contributed by atoms with Gasteiger partial charge in [-0.15, -0.1) is 0 Å². The van der Waals surface area contributed by atoms with E-state index < -0.39 is 0 Å². The average Bonchev–Trinajstić information content (AvgIpc) is 2.76. The van der Waals surface area contributed by atoms with Crippen molar-refractivity contribution in [2.75, 3.05) is 18.7 Å². The van der Waals surface area contributed by atoms with E-state index >= 15 is 0 Å². The van der Waals surface area contributed by atoms with Crippen LogP contribution in [-0.2, 0) is 0 Å². The van der Waals surface area contributed by atoms with Gasteiger partial charge in [-0.1, -0.05) is 37.8 Å². The normalized spacial score (nSPS) is 12.8. The molecule has 1 heterocycles. The second-order valence-electron chi connectivity index (χ2n) is 4.17. The fourth-order valence-electron chi connectivity index (χ4n) is 1.83. The number of halogens is 1.